The Morgan fingerprint density at radius 3 is 2.59 bits per heavy atom. The van der Waals surface area contributed by atoms with Gasteiger partial charge in [0.05, 0.1) is 7.11 Å². The normalized spacial score (nSPS) is 12.1. The first kappa shape index (κ1) is 18.2. The number of ether oxygens (including phenoxy) is 1. The highest BCUT2D eigenvalue weighted by molar-refractivity contribution is 7.98. The fourth-order valence-corrected chi connectivity index (χ4v) is 2.45. The fourth-order valence-electron chi connectivity index (χ4n) is 1.90. The molecule has 1 heterocycles. The molecular formula is C14H21N3O4S. The number of thioether (sulfide) groups is 1. The van der Waals surface area contributed by atoms with Crippen molar-refractivity contribution in [2.75, 3.05) is 13.4 Å². The first-order chi connectivity index (χ1) is 10.3. The molecule has 122 valence electrons. The minimum atomic E-state index is -0.743. The van der Waals surface area contributed by atoms with Crippen molar-refractivity contribution in [3.8, 4) is 0 Å². The van der Waals surface area contributed by atoms with Crippen molar-refractivity contribution < 1.29 is 14.3 Å². The van der Waals surface area contributed by atoms with Crippen LogP contribution in [0.3, 0.4) is 0 Å². The highest BCUT2D eigenvalue weighted by Crippen LogP contribution is 2.13. The van der Waals surface area contributed by atoms with E-state index < -0.39 is 23.6 Å². The molecule has 0 aromatic carbocycles. The first-order valence-electron chi connectivity index (χ1n) is 6.79. The minimum Gasteiger partial charge on any atom is -0.467 e. The Balaban J connectivity index is 2.87. The molecule has 8 heteroatoms. The van der Waals surface area contributed by atoms with E-state index in [1.807, 2.05) is 13.2 Å². The molecule has 1 N–H and O–H groups in total. The van der Waals surface area contributed by atoms with E-state index in [0.717, 1.165) is 5.56 Å². The number of methoxy groups -OCH3 is 1. The summed E-state index contributed by atoms with van der Waals surface area (Å²) in [7, 11) is 1.27. The second-order valence-electron chi connectivity index (χ2n) is 5.16. The molecule has 1 aromatic heterocycles. The third-order valence-corrected chi connectivity index (χ3v) is 3.88. The van der Waals surface area contributed by atoms with Crippen LogP contribution in [-0.2, 0) is 20.9 Å². The Bertz CT molecular complexity index is 613. The molecule has 0 unspecified atom stereocenters. The Labute approximate surface area is 133 Å². The van der Waals surface area contributed by atoms with Crippen molar-refractivity contribution in [3.63, 3.8) is 0 Å². The SMILES string of the molecule is COC(=O)[C@@H](NC(=O)Cn1cc(C)c(SC)nc1=O)C(C)C. The molecule has 0 saturated carbocycles. The molecule has 0 aliphatic carbocycles. The predicted molar refractivity (Wildman–Crippen MR) is 83.8 cm³/mol. The van der Waals surface area contributed by atoms with Crippen molar-refractivity contribution in [2.45, 2.75) is 38.4 Å². The van der Waals surface area contributed by atoms with E-state index in [1.54, 1.807) is 20.0 Å². The van der Waals surface area contributed by atoms with Crippen LogP contribution in [0, 0.1) is 12.8 Å². The van der Waals surface area contributed by atoms with Crippen LogP contribution in [0.1, 0.15) is 19.4 Å². The number of hydrogen-bond donors (Lipinski definition) is 1. The lowest BCUT2D eigenvalue weighted by Crippen LogP contribution is -2.47. The van der Waals surface area contributed by atoms with Gasteiger partial charge in [0.15, 0.2) is 0 Å². The molecule has 22 heavy (non-hydrogen) atoms. The number of nitrogens with one attached hydrogen (secondary N) is 1. The quantitative estimate of drug-likeness (QED) is 0.467. The monoisotopic (exact) mass is 327 g/mol. The summed E-state index contributed by atoms with van der Waals surface area (Å²) in [6, 6.07) is -0.743. The van der Waals surface area contributed by atoms with Gasteiger partial charge < -0.3 is 10.1 Å². The van der Waals surface area contributed by atoms with Gasteiger partial charge in [-0.1, -0.05) is 13.8 Å². The number of nitrogens with zero attached hydrogens (tertiary/aromatic N) is 2. The molecule has 0 bridgehead atoms. The summed E-state index contributed by atoms with van der Waals surface area (Å²) in [6.07, 6.45) is 3.42. The number of carbonyl (C=O) groups excluding carboxylic acids is 2. The standard InChI is InChI=1S/C14H21N3O4S/c1-8(2)11(13(19)21-4)15-10(18)7-17-6-9(3)12(22-5)16-14(17)20/h6,8,11H,7H2,1-5H3,(H,15,18)/t11-/m0/s1. The van der Waals surface area contributed by atoms with Crippen LogP contribution in [0.5, 0.6) is 0 Å². The molecule has 1 atom stereocenters. The Kier molecular flexibility index (Phi) is 6.61. The molecule has 0 saturated heterocycles. The summed E-state index contributed by atoms with van der Waals surface area (Å²) in [5.41, 5.74) is 0.317. The van der Waals surface area contributed by atoms with Gasteiger partial charge >= 0.3 is 11.7 Å². The number of carbonyl (C=O) groups is 2. The third-order valence-electron chi connectivity index (χ3n) is 3.08. The lowest BCUT2D eigenvalue weighted by molar-refractivity contribution is -0.146. The Morgan fingerprint density at radius 2 is 2.09 bits per heavy atom. The minimum absolute atomic E-state index is 0.119. The maximum atomic E-state index is 12.1. The first-order valence-corrected chi connectivity index (χ1v) is 8.01. The number of aromatic nitrogens is 2. The van der Waals surface area contributed by atoms with Crippen molar-refractivity contribution in [1.82, 2.24) is 14.9 Å². The number of aryl methyl sites for hydroxylation is 1. The smallest absolute Gasteiger partial charge is 0.349 e. The lowest BCUT2D eigenvalue weighted by atomic mass is 10.0. The second kappa shape index (κ2) is 7.98. The summed E-state index contributed by atoms with van der Waals surface area (Å²) in [5.74, 6) is -1.07. The highest BCUT2D eigenvalue weighted by atomic mass is 32.2. The number of esters is 1. The zero-order valence-electron chi connectivity index (χ0n) is 13.4. The Hall–Kier alpha value is -1.83. The third kappa shape index (κ3) is 4.59. The van der Waals surface area contributed by atoms with Crippen LogP contribution in [0.25, 0.3) is 0 Å². The van der Waals surface area contributed by atoms with Crippen molar-refractivity contribution in [1.29, 1.82) is 0 Å². The van der Waals surface area contributed by atoms with Crippen LogP contribution in [0.4, 0.5) is 0 Å². The summed E-state index contributed by atoms with van der Waals surface area (Å²) in [6.45, 7) is 5.22. The van der Waals surface area contributed by atoms with Crippen LogP contribution in [-0.4, -0.2) is 40.8 Å². The van der Waals surface area contributed by atoms with E-state index in [-0.39, 0.29) is 12.5 Å². The molecule has 0 spiro atoms. The summed E-state index contributed by atoms with van der Waals surface area (Å²) >= 11 is 1.37. The molecule has 1 rings (SSSR count). The maximum Gasteiger partial charge on any atom is 0.349 e. The van der Waals surface area contributed by atoms with Crippen molar-refractivity contribution in [2.24, 2.45) is 5.92 Å². The molecular weight excluding hydrogens is 306 g/mol. The fraction of sp³-hybridized carbons (Fsp3) is 0.571. The predicted octanol–water partition coefficient (Wildman–Crippen LogP) is 0.587. The summed E-state index contributed by atoms with van der Waals surface area (Å²) in [4.78, 5) is 39.5. The van der Waals surface area contributed by atoms with Crippen LogP contribution < -0.4 is 11.0 Å². The number of rotatable bonds is 6. The van der Waals surface area contributed by atoms with E-state index in [2.05, 4.69) is 15.0 Å². The summed E-state index contributed by atoms with van der Waals surface area (Å²) < 4.78 is 5.88. The maximum absolute atomic E-state index is 12.1. The zero-order valence-corrected chi connectivity index (χ0v) is 14.2. The van der Waals surface area contributed by atoms with Gasteiger partial charge in [0, 0.05) is 6.20 Å². The van der Waals surface area contributed by atoms with Gasteiger partial charge in [-0.2, -0.15) is 4.98 Å². The van der Waals surface area contributed by atoms with E-state index in [4.69, 9.17) is 0 Å². The van der Waals surface area contributed by atoms with Crippen LogP contribution in [0.15, 0.2) is 16.0 Å². The van der Waals surface area contributed by atoms with Gasteiger partial charge in [0.25, 0.3) is 0 Å². The van der Waals surface area contributed by atoms with Gasteiger partial charge in [0.1, 0.15) is 17.6 Å². The summed E-state index contributed by atoms with van der Waals surface area (Å²) in [5, 5.41) is 3.22. The van der Waals surface area contributed by atoms with Gasteiger partial charge in [-0.25, -0.2) is 9.59 Å². The largest absolute Gasteiger partial charge is 0.467 e. The van der Waals surface area contributed by atoms with Gasteiger partial charge in [-0.05, 0) is 24.7 Å². The van der Waals surface area contributed by atoms with Crippen LogP contribution in [0.2, 0.25) is 0 Å². The number of hydrogen-bond acceptors (Lipinski definition) is 6. The van der Waals surface area contributed by atoms with E-state index in [9.17, 15) is 14.4 Å². The van der Waals surface area contributed by atoms with E-state index in [0.29, 0.717) is 5.03 Å². The molecule has 0 aliphatic rings. The topological polar surface area (TPSA) is 90.3 Å². The zero-order chi connectivity index (χ0) is 16.9. The second-order valence-corrected chi connectivity index (χ2v) is 5.95. The molecule has 1 amide bonds. The van der Waals surface area contributed by atoms with Gasteiger partial charge in [-0.3, -0.25) is 9.36 Å². The van der Waals surface area contributed by atoms with E-state index >= 15 is 0 Å². The van der Waals surface area contributed by atoms with Crippen molar-refractivity contribution >= 4 is 23.6 Å². The average Bonchev–Trinajstić information content (AvgIpc) is 2.47. The molecule has 7 nitrogen and oxygen atoms in total. The lowest BCUT2D eigenvalue weighted by Gasteiger charge is -2.20. The van der Waals surface area contributed by atoms with Crippen LogP contribution >= 0.6 is 11.8 Å². The average molecular weight is 327 g/mol. The number of amides is 1. The van der Waals surface area contributed by atoms with Crippen molar-refractivity contribution in [3.05, 3.63) is 22.2 Å². The van der Waals surface area contributed by atoms with Gasteiger partial charge in [0.2, 0.25) is 5.91 Å². The Morgan fingerprint density at radius 1 is 1.45 bits per heavy atom. The van der Waals surface area contributed by atoms with Gasteiger partial charge in [-0.15, -0.1) is 11.8 Å². The molecule has 1 aromatic rings. The molecule has 0 fully saturated rings. The molecule has 0 aliphatic heterocycles. The molecule has 0 radical (unpaired) electrons. The highest BCUT2D eigenvalue weighted by Gasteiger charge is 2.25. The van der Waals surface area contributed by atoms with E-state index in [1.165, 1.54) is 23.4 Å².